The van der Waals surface area contributed by atoms with Crippen molar-refractivity contribution in [3.63, 3.8) is 0 Å². The van der Waals surface area contributed by atoms with Gasteiger partial charge in [-0.05, 0) is 25.3 Å². The van der Waals surface area contributed by atoms with Gasteiger partial charge in [0.15, 0.2) is 0 Å². The smallest absolute Gasteiger partial charge is 0.225 e. The second kappa shape index (κ2) is 7.37. The van der Waals surface area contributed by atoms with Gasteiger partial charge in [-0.1, -0.05) is 49.6 Å². The van der Waals surface area contributed by atoms with E-state index in [1.54, 1.807) is 4.90 Å². The van der Waals surface area contributed by atoms with Crippen LogP contribution in [0.1, 0.15) is 51.0 Å². The van der Waals surface area contributed by atoms with Crippen molar-refractivity contribution < 1.29 is 9.59 Å². The average Bonchev–Trinajstić information content (AvgIpc) is 3.02. The molecule has 1 saturated heterocycles. The Labute approximate surface area is 144 Å². The van der Waals surface area contributed by atoms with E-state index in [0.717, 1.165) is 12.8 Å². The second-order valence-corrected chi connectivity index (χ2v) is 7.26. The number of nitrogens with one attached hydrogen (secondary N) is 1. The van der Waals surface area contributed by atoms with Crippen LogP contribution in [0, 0.1) is 5.92 Å². The Kier molecular flexibility index (Phi) is 5.22. The Morgan fingerprint density at radius 3 is 2.54 bits per heavy atom. The molecule has 2 fully saturated rings. The Bertz CT molecular complexity index is 579. The molecule has 1 aliphatic heterocycles. The highest BCUT2D eigenvalue weighted by Gasteiger charge is 2.37. The first-order valence-electron chi connectivity index (χ1n) is 9.26. The van der Waals surface area contributed by atoms with Crippen LogP contribution in [0.15, 0.2) is 30.3 Å². The maximum Gasteiger partial charge on any atom is 0.225 e. The minimum atomic E-state index is -0.186. The van der Waals surface area contributed by atoms with E-state index in [9.17, 15) is 9.59 Å². The summed E-state index contributed by atoms with van der Waals surface area (Å²) in [6.07, 6.45) is 6.33. The predicted molar refractivity (Wildman–Crippen MR) is 94.6 cm³/mol. The summed E-state index contributed by atoms with van der Waals surface area (Å²) in [5.74, 6) is -0.0397. The lowest BCUT2D eigenvalue weighted by molar-refractivity contribution is -0.129. The predicted octanol–water partition coefficient (Wildman–Crippen LogP) is 2.87. The van der Waals surface area contributed by atoms with Gasteiger partial charge in [-0.15, -0.1) is 0 Å². The molecule has 24 heavy (non-hydrogen) atoms. The fourth-order valence-electron chi connectivity index (χ4n) is 4.24. The third kappa shape index (κ3) is 3.47. The molecule has 3 rings (SSSR count). The van der Waals surface area contributed by atoms with E-state index in [-0.39, 0.29) is 23.1 Å². The molecule has 2 amide bonds. The van der Waals surface area contributed by atoms with Crippen LogP contribution in [0.5, 0.6) is 0 Å². The van der Waals surface area contributed by atoms with E-state index in [0.29, 0.717) is 26.1 Å². The Hall–Kier alpha value is -1.84. The minimum Gasteiger partial charge on any atom is -0.355 e. The Morgan fingerprint density at radius 2 is 1.92 bits per heavy atom. The largest absolute Gasteiger partial charge is 0.355 e. The van der Waals surface area contributed by atoms with Gasteiger partial charge in [0.05, 0.1) is 5.92 Å². The standard InChI is InChI=1S/C20H28N2O2/c1-2-22-14-16(13-18(22)23)19(24)21-15-20(11-7-4-8-12-20)17-9-5-3-6-10-17/h3,5-6,9-10,16H,2,4,7-8,11-15H2,1H3,(H,21,24). The average molecular weight is 328 g/mol. The maximum absolute atomic E-state index is 12.6. The van der Waals surface area contributed by atoms with Crippen LogP contribution in [-0.4, -0.2) is 36.3 Å². The molecule has 0 aromatic heterocycles. The third-order valence-corrected chi connectivity index (χ3v) is 5.76. The van der Waals surface area contributed by atoms with Crippen LogP contribution in [0.25, 0.3) is 0 Å². The van der Waals surface area contributed by atoms with Gasteiger partial charge in [0, 0.05) is 31.5 Å². The number of carbonyl (C=O) groups excluding carboxylic acids is 2. The number of amides is 2. The molecular weight excluding hydrogens is 300 g/mol. The summed E-state index contributed by atoms with van der Waals surface area (Å²) < 4.78 is 0. The van der Waals surface area contributed by atoms with Gasteiger partial charge in [-0.2, -0.15) is 0 Å². The highest BCUT2D eigenvalue weighted by atomic mass is 16.2. The fraction of sp³-hybridized carbons (Fsp3) is 0.600. The first-order valence-corrected chi connectivity index (χ1v) is 9.26. The Morgan fingerprint density at radius 1 is 1.21 bits per heavy atom. The van der Waals surface area contributed by atoms with Crippen molar-refractivity contribution in [1.29, 1.82) is 0 Å². The van der Waals surface area contributed by atoms with Gasteiger partial charge in [0.2, 0.25) is 11.8 Å². The molecule has 1 atom stereocenters. The summed E-state index contributed by atoms with van der Waals surface area (Å²) in [5.41, 5.74) is 1.39. The highest BCUT2D eigenvalue weighted by Crippen LogP contribution is 2.39. The SMILES string of the molecule is CCN1CC(C(=O)NCC2(c3ccccc3)CCCCC2)CC1=O. The van der Waals surface area contributed by atoms with Gasteiger partial charge in [0.25, 0.3) is 0 Å². The number of benzene rings is 1. The van der Waals surface area contributed by atoms with Crippen LogP contribution in [0.2, 0.25) is 0 Å². The molecule has 4 heteroatoms. The van der Waals surface area contributed by atoms with Crippen molar-refractivity contribution in [1.82, 2.24) is 10.2 Å². The van der Waals surface area contributed by atoms with Crippen molar-refractivity contribution in [2.24, 2.45) is 5.92 Å². The van der Waals surface area contributed by atoms with E-state index in [1.807, 2.05) is 13.0 Å². The van der Waals surface area contributed by atoms with E-state index >= 15 is 0 Å². The molecule has 1 heterocycles. The van der Waals surface area contributed by atoms with Crippen molar-refractivity contribution in [3.05, 3.63) is 35.9 Å². The molecule has 1 saturated carbocycles. The first-order chi connectivity index (χ1) is 11.6. The summed E-state index contributed by atoms with van der Waals surface area (Å²) in [6.45, 7) is 3.91. The summed E-state index contributed by atoms with van der Waals surface area (Å²) >= 11 is 0. The molecule has 1 unspecified atom stereocenters. The molecular formula is C20H28N2O2. The number of hydrogen-bond acceptors (Lipinski definition) is 2. The third-order valence-electron chi connectivity index (χ3n) is 5.76. The molecule has 0 radical (unpaired) electrons. The molecule has 1 N–H and O–H groups in total. The van der Waals surface area contributed by atoms with E-state index < -0.39 is 0 Å². The van der Waals surface area contributed by atoms with Crippen molar-refractivity contribution in [2.45, 2.75) is 50.9 Å². The highest BCUT2D eigenvalue weighted by molar-refractivity contribution is 5.89. The number of likely N-dealkylation sites (tertiary alicyclic amines) is 1. The van der Waals surface area contributed by atoms with Crippen molar-refractivity contribution >= 4 is 11.8 Å². The van der Waals surface area contributed by atoms with Gasteiger partial charge in [-0.3, -0.25) is 9.59 Å². The molecule has 2 aliphatic rings. The maximum atomic E-state index is 12.6. The molecule has 0 bridgehead atoms. The van der Waals surface area contributed by atoms with Gasteiger partial charge >= 0.3 is 0 Å². The summed E-state index contributed by atoms with van der Waals surface area (Å²) in [5, 5.41) is 3.18. The van der Waals surface area contributed by atoms with Crippen LogP contribution < -0.4 is 5.32 Å². The van der Waals surface area contributed by atoms with Gasteiger partial charge in [-0.25, -0.2) is 0 Å². The monoisotopic (exact) mass is 328 g/mol. The van der Waals surface area contributed by atoms with Crippen LogP contribution in [0.4, 0.5) is 0 Å². The number of hydrogen-bond donors (Lipinski definition) is 1. The number of nitrogens with zero attached hydrogens (tertiary/aromatic N) is 1. The molecule has 0 spiro atoms. The molecule has 4 nitrogen and oxygen atoms in total. The number of rotatable bonds is 5. The quantitative estimate of drug-likeness (QED) is 0.903. The van der Waals surface area contributed by atoms with Crippen molar-refractivity contribution in [2.75, 3.05) is 19.6 Å². The zero-order chi connectivity index (χ0) is 17.0. The topological polar surface area (TPSA) is 49.4 Å². The lowest BCUT2D eigenvalue weighted by atomic mass is 9.69. The van der Waals surface area contributed by atoms with Crippen LogP contribution in [0.3, 0.4) is 0 Å². The fourth-order valence-corrected chi connectivity index (χ4v) is 4.24. The second-order valence-electron chi connectivity index (χ2n) is 7.26. The molecule has 1 aromatic rings. The lowest BCUT2D eigenvalue weighted by Crippen LogP contribution is -2.44. The Balaban J connectivity index is 1.66. The van der Waals surface area contributed by atoms with Crippen LogP contribution in [-0.2, 0) is 15.0 Å². The first kappa shape index (κ1) is 17.0. The van der Waals surface area contributed by atoms with E-state index in [4.69, 9.17) is 0 Å². The zero-order valence-electron chi connectivity index (χ0n) is 14.6. The lowest BCUT2D eigenvalue weighted by Gasteiger charge is -2.38. The number of carbonyl (C=O) groups is 2. The van der Waals surface area contributed by atoms with Gasteiger partial charge < -0.3 is 10.2 Å². The van der Waals surface area contributed by atoms with Crippen LogP contribution >= 0.6 is 0 Å². The molecule has 1 aliphatic carbocycles. The molecule has 1 aromatic carbocycles. The van der Waals surface area contributed by atoms with E-state index in [2.05, 4.69) is 29.6 Å². The minimum absolute atomic E-state index is 0.0418. The van der Waals surface area contributed by atoms with Gasteiger partial charge in [0.1, 0.15) is 0 Å². The summed E-state index contributed by atoms with van der Waals surface area (Å²) in [4.78, 5) is 26.2. The van der Waals surface area contributed by atoms with Crippen molar-refractivity contribution in [3.8, 4) is 0 Å². The summed E-state index contributed by atoms with van der Waals surface area (Å²) in [7, 11) is 0. The normalized spacial score (nSPS) is 23.3. The molecule has 130 valence electrons. The summed E-state index contributed by atoms with van der Waals surface area (Å²) in [6, 6.07) is 10.6. The van der Waals surface area contributed by atoms with E-state index in [1.165, 1.54) is 24.8 Å². The zero-order valence-corrected chi connectivity index (χ0v) is 14.6.